The lowest BCUT2D eigenvalue weighted by Gasteiger charge is -2.32. The summed E-state index contributed by atoms with van der Waals surface area (Å²) in [5, 5.41) is 43.3. The van der Waals surface area contributed by atoms with E-state index in [4.69, 9.17) is 26.8 Å². The summed E-state index contributed by atoms with van der Waals surface area (Å²) in [7, 11) is 1.29. The number of aliphatic hydroxyl groups is 2. The van der Waals surface area contributed by atoms with E-state index < -0.39 is 36.6 Å². The Balaban J connectivity index is 1.40. The highest BCUT2D eigenvalue weighted by Gasteiger charge is 2.45. The number of thiazole rings is 1. The van der Waals surface area contributed by atoms with Crippen LogP contribution in [0.25, 0.3) is 22.3 Å². The Morgan fingerprint density at radius 2 is 1.93 bits per heavy atom. The minimum atomic E-state index is -1.96. The van der Waals surface area contributed by atoms with E-state index in [1.165, 1.54) is 30.3 Å². The maximum atomic E-state index is 12.9. The molecule has 13 nitrogen and oxygen atoms in total. The zero-order valence-corrected chi connectivity index (χ0v) is 25.4. The second kappa shape index (κ2) is 13.7. The van der Waals surface area contributed by atoms with Crippen LogP contribution in [0.15, 0.2) is 65.7 Å². The maximum Gasteiger partial charge on any atom is 0.342 e. The SMILES string of the molecule is CO[C@H](CO[C@@](Cc1ccc(-c2ccccc2CC#N)cc1)(C(=O)O)c1cscn1)[C@@H](O)[C@@H](O)n1cnc2c(N)nc(Cl)nc21. The molecule has 5 aromatic rings. The number of nitriles is 1. The summed E-state index contributed by atoms with van der Waals surface area (Å²) in [6, 6.07) is 17.1. The van der Waals surface area contributed by atoms with Gasteiger partial charge >= 0.3 is 5.97 Å². The molecule has 15 heteroatoms. The Kier molecular flexibility index (Phi) is 9.68. The van der Waals surface area contributed by atoms with E-state index >= 15 is 0 Å². The van der Waals surface area contributed by atoms with Crippen LogP contribution in [0.2, 0.25) is 5.28 Å². The molecule has 0 fully saturated rings. The molecule has 0 spiro atoms. The number of hydrogen-bond acceptors (Lipinski definition) is 12. The Hall–Kier alpha value is -4.49. The molecule has 0 aliphatic rings. The van der Waals surface area contributed by atoms with E-state index in [1.54, 1.807) is 17.5 Å². The number of nitrogen functional groups attached to an aromatic ring is 1. The number of aromatic nitrogens is 5. The van der Waals surface area contributed by atoms with E-state index in [9.17, 15) is 25.4 Å². The number of methoxy groups -OCH3 is 1. The lowest BCUT2D eigenvalue weighted by atomic mass is 9.90. The molecule has 0 aliphatic carbocycles. The molecule has 0 saturated carbocycles. The first-order valence-corrected chi connectivity index (χ1v) is 14.8. The van der Waals surface area contributed by atoms with Gasteiger partial charge in [0.15, 0.2) is 17.7 Å². The highest BCUT2D eigenvalue weighted by atomic mass is 35.5. The van der Waals surface area contributed by atoms with Crippen molar-refractivity contribution in [1.29, 1.82) is 5.26 Å². The summed E-state index contributed by atoms with van der Waals surface area (Å²) in [5.74, 6) is -1.31. The van der Waals surface area contributed by atoms with Gasteiger partial charge in [-0.25, -0.2) is 14.8 Å². The summed E-state index contributed by atoms with van der Waals surface area (Å²) in [6.45, 7) is -0.442. The van der Waals surface area contributed by atoms with Crippen molar-refractivity contribution < 1.29 is 29.6 Å². The van der Waals surface area contributed by atoms with Crippen LogP contribution < -0.4 is 5.73 Å². The summed E-state index contributed by atoms with van der Waals surface area (Å²) < 4.78 is 12.7. The molecule has 3 aromatic heterocycles. The third kappa shape index (κ3) is 6.50. The van der Waals surface area contributed by atoms with Crippen LogP contribution in [0.4, 0.5) is 5.82 Å². The molecular weight excluding hydrogens is 622 g/mol. The number of carboxylic acid groups (broad SMARTS) is 1. The lowest BCUT2D eigenvalue weighted by molar-refractivity contribution is -0.183. The minimum absolute atomic E-state index is 0.00835. The smallest absolute Gasteiger partial charge is 0.342 e. The van der Waals surface area contributed by atoms with Crippen LogP contribution in [-0.2, 0) is 32.7 Å². The number of imidazole rings is 1. The zero-order valence-electron chi connectivity index (χ0n) is 23.8. The van der Waals surface area contributed by atoms with Crippen molar-refractivity contribution in [3.8, 4) is 17.2 Å². The van der Waals surface area contributed by atoms with Gasteiger partial charge in [0, 0.05) is 18.9 Å². The monoisotopic (exact) mass is 649 g/mol. The van der Waals surface area contributed by atoms with Crippen molar-refractivity contribution in [2.24, 2.45) is 0 Å². The van der Waals surface area contributed by atoms with Gasteiger partial charge in [0.2, 0.25) is 10.9 Å². The fraction of sp³-hybridized carbons (Fsp3) is 0.267. The topological polar surface area (TPSA) is 203 Å². The second-order valence-electron chi connectivity index (χ2n) is 10.1. The highest BCUT2D eigenvalue weighted by molar-refractivity contribution is 7.07. The number of nitrogens with two attached hydrogens (primary N) is 1. The first-order chi connectivity index (χ1) is 21.7. The number of aliphatic carboxylic acids is 1. The van der Waals surface area contributed by atoms with Gasteiger partial charge in [-0.2, -0.15) is 15.2 Å². The van der Waals surface area contributed by atoms with E-state index in [0.717, 1.165) is 21.3 Å². The maximum absolute atomic E-state index is 12.9. The number of benzene rings is 2. The third-order valence-corrected chi connectivity index (χ3v) is 8.14. The number of nitrogens with zero attached hydrogens (tertiary/aromatic N) is 6. The average Bonchev–Trinajstić information content (AvgIpc) is 3.72. The van der Waals surface area contributed by atoms with Gasteiger partial charge < -0.3 is 30.5 Å². The molecule has 5 N–H and O–H groups in total. The van der Waals surface area contributed by atoms with Crippen molar-refractivity contribution in [2.75, 3.05) is 19.5 Å². The average molecular weight is 650 g/mol. The fourth-order valence-electron chi connectivity index (χ4n) is 5.00. The van der Waals surface area contributed by atoms with Gasteiger partial charge in [0.05, 0.1) is 36.6 Å². The van der Waals surface area contributed by atoms with Crippen LogP contribution >= 0.6 is 22.9 Å². The molecule has 45 heavy (non-hydrogen) atoms. The van der Waals surface area contributed by atoms with Crippen molar-refractivity contribution in [2.45, 2.75) is 36.9 Å². The van der Waals surface area contributed by atoms with Crippen LogP contribution in [-0.4, -0.2) is 71.7 Å². The summed E-state index contributed by atoms with van der Waals surface area (Å²) >= 11 is 7.14. The third-order valence-electron chi connectivity index (χ3n) is 7.39. The van der Waals surface area contributed by atoms with Gasteiger partial charge in [0.25, 0.3) is 0 Å². The van der Waals surface area contributed by atoms with Gasteiger partial charge in [-0.05, 0) is 33.9 Å². The van der Waals surface area contributed by atoms with Gasteiger partial charge in [0.1, 0.15) is 17.7 Å². The van der Waals surface area contributed by atoms with Crippen LogP contribution in [0, 0.1) is 11.3 Å². The summed E-state index contributed by atoms with van der Waals surface area (Å²) in [6.07, 6.45) is -3.12. The molecule has 0 unspecified atom stereocenters. The molecule has 0 saturated heterocycles. The molecular formula is C30H28ClN7O6S. The number of halogens is 1. The first-order valence-electron chi connectivity index (χ1n) is 13.5. The Morgan fingerprint density at radius 3 is 2.60 bits per heavy atom. The van der Waals surface area contributed by atoms with Gasteiger partial charge in [-0.3, -0.25) is 4.57 Å². The van der Waals surface area contributed by atoms with Crippen molar-refractivity contribution in [3.63, 3.8) is 0 Å². The van der Waals surface area contributed by atoms with Crippen molar-refractivity contribution in [3.05, 3.63) is 87.9 Å². The van der Waals surface area contributed by atoms with Gasteiger partial charge in [-0.15, -0.1) is 11.3 Å². The zero-order chi connectivity index (χ0) is 32.1. The van der Waals surface area contributed by atoms with Crippen molar-refractivity contribution >= 4 is 45.9 Å². The van der Waals surface area contributed by atoms with E-state index in [1.807, 2.05) is 36.4 Å². The number of carboxylic acids is 1. The molecule has 5 rings (SSSR count). The van der Waals surface area contributed by atoms with Crippen LogP contribution in [0.5, 0.6) is 0 Å². The molecule has 0 bridgehead atoms. The normalized spacial score (nSPS) is 14.8. The number of fused-ring (bicyclic) bond motifs is 1. The van der Waals surface area contributed by atoms with Crippen molar-refractivity contribution in [1.82, 2.24) is 24.5 Å². The van der Waals surface area contributed by atoms with E-state index in [0.29, 0.717) is 5.56 Å². The quantitative estimate of drug-likeness (QED) is 0.136. The van der Waals surface area contributed by atoms with E-state index in [2.05, 4.69) is 26.0 Å². The second-order valence-corrected chi connectivity index (χ2v) is 11.1. The number of rotatable bonds is 13. The highest BCUT2D eigenvalue weighted by Crippen LogP contribution is 2.33. The largest absolute Gasteiger partial charge is 0.479 e. The number of anilines is 1. The first kappa shape index (κ1) is 31.9. The molecule has 3 heterocycles. The Morgan fingerprint density at radius 1 is 1.18 bits per heavy atom. The molecule has 232 valence electrons. The number of carbonyl (C=O) groups is 1. The summed E-state index contributed by atoms with van der Waals surface area (Å²) in [4.78, 5) is 29.2. The lowest BCUT2D eigenvalue weighted by Crippen LogP contribution is -2.46. The number of ether oxygens (including phenoxy) is 2. The Bertz CT molecular complexity index is 1830. The van der Waals surface area contributed by atoms with E-state index in [-0.39, 0.29) is 40.8 Å². The molecule has 4 atom stereocenters. The predicted octanol–water partition coefficient (Wildman–Crippen LogP) is 3.36. The van der Waals surface area contributed by atoms with Crippen LogP contribution in [0.1, 0.15) is 23.0 Å². The Labute approximate surface area is 266 Å². The molecule has 2 aromatic carbocycles. The van der Waals surface area contributed by atoms with Crippen LogP contribution in [0.3, 0.4) is 0 Å². The standard InChI is InChI=1S/C30H28ClN7O6S/c1-43-21(24(39)27(40)38-15-34-23-25(33)36-29(31)37-26(23)38)13-44-30(28(41)42,22-14-45-16-35-22)12-17-6-8-19(9-7-17)20-5-3-2-4-18(20)10-11-32/h2-9,14-16,21,24,27,39-40H,10,12-13H2,1H3,(H,41,42)(H2,33,36,37)/t21-,24-,27-,30-/m1/s1. The molecule has 0 aliphatic heterocycles. The fourth-order valence-corrected chi connectivity index (χ4v) is 5.78. The number of aliphatic hydroxyl groups excluding tert-OH is 2. The molecule has 0 radical (unpaired) electrons. The number of hydrogen-bond donors (Lipinski definition) is 4. The van der Waals surface area contributed by atoms with Gasteiger partial charge in [-0.1, -0.05) is 48.5 Å². The minimum Gasteiger partial charge on any atom is -0.479 e. The molecule has 0 amide bonds. The predicted molar refractivity (Wildman–Crippen MR) is 165 cm³/mol. The summed E-state index contributed by atoms with van der Waals surface area (Å²) in [5.41, 5.74) is 9.10.